The Balaban J connectivity index is 0.00000114. The van der Waals surface area contributed by atoms with E-state index in [0.29, 0.717) is 16.7 Å². The molecule has 3 aliphatic carbocycles. The molecule has 0 aromatic carbocycles. The van der Waals surface area contributed by atoms with Crippen LogP contribution in [0.15, 0.2) is 35.5 Å². The Morgan fingerprint density at radius 1 is 1.19 bits per heavy atom. The minimum Gasteiger partial charge on any atom is -0.120 e. The molecule has 0 amide bonds. The summed E-state index contributed by atoms with van der Waals surface area (Å²) >= 11 is 0. The highest BCUT2D eigenvalue weighted by Gasteiger charge is 2.50. The van der Waals surface area contributed by atoms with E-state index in [4.69, 9.17) is 0 Å². The maximum Gasteiger partial charge on any atom is -0.00297 e. The van der Waals surface area contributed by atoms with E-state index in [1.807, 2.05) is 0 Å². The van der Waals surface area contributed by atoms with Crippen molar-refractivity contribution in [3.63, 3.8) is 0 Å². The van der Waals surface area contributed by atoms with E-state index in [1.165, 1.54) is 76.2 Å². The molecule has 0 nitrogen and oxygen atoms in total. The third kappa shape index (κ3) is 7.14. The molecule has 180 valence electrons. The zero-order valence-electron chi connectivity index (χ0n) is 22.5. The highest BCUT2D eigenvalue weighted by molar-refractivity contribution is 5.27. The summed E-state index contributed by atoms with van der Waals surface area (Å²) in [6, 6.07) is 0. The number of fused-ring (bicyclic) bond motifs is 1. The number of terminal acetylenes is 1. The lowest BCUT2D eigenvalue weighted by Gasteiger charge is -2.44. The summed E-state index contributed by atoms with van der Waals surface area (Å²) in [5.41, 5.74) is 5.94. The number of hydrogen-bond donors (Lipinski definition) is 0. The molecular weight excluding hydrogens is 384 g/mol. The first-order chi connectivity index (χ1) is 15.0. The van der Waals surface area contributed by atoms with Crippen LogP contribution < -0.4 is 0 Å². The third-order valence-corrected chi connectivity index (χ3v) is 8.88. The van der Waals surface area contributed by atoms with Crippen LogP contribution in [-0.4, -0.2) is 0 Å². The van der Waals surface area contributed by atoms with Crippen molar-refractivity contribution in [1.82, 2.24) is 0 Å². The average molecular weight is 437 g/mol. The molecule has 3 saturated carbocycles. The Morgan fingerprint density at radius 2 is 1.88 bits per heavy atom. The first kappa shape index (κ1) is 27.0. The van der Waals surface area contributed by atoms with Crippen LogP contribution in [0, 0.1) is 46.8 Å². The Kier molecular flexibility index (Phi) is 9.94. The van der Waals surface area contributed by atoms with Gasteiger partial charge in [-0.15, -0.1) is 12.3 Å². The zero-order valence-corrected chi connectivity index (χ0v) is 22.5. The van der Waals surface area contributed by atoms with E-state index in [1.54, 1.807) is 18.1 Å². The standard InChI is InChI=1S/C29H48.C3H4/c1-21-12-13-24(20-23(21)3)14-15-25-11-9-19-29(7)26(16-17-27(25)29)22(2)10-8-18-28(4,5)6;1-3-2/h14-15,22-23,26-27H,1,8-13,16-20H2,2-7H3;1H,2H3/b24-14-,25-15+;. The Bertz CT molecular complexity index is 718. The maximum absolute atomic E-state index is 4.60. The van der Waals surface area contributed by atoms with Gasteiger partial charge in [0.2, 0.25) is 0 Å². The molecule has 0 aromatic rings. The highest BCUT2D eigenvalue weighted by Crippen LogP contribution is 2.60. The lowest BCUT2D eigenvalue weighted by molar-refractivity contribution is 0.0920. The van der Waals surface area contributed by atoms with Gasteiger partial charge in [0.25, 0.3) is 0 Å². The van der Waals surface area contributed by atoms with Gasteiger partial charge in [0, 0.05) is 0 Å². The van der Waals surface area contributed by atoms with E-state index in [2.05, 4.69) is 72.6 Å². The van der Waals surface area contributed by atoms with Gasteiger partial charge < -0.3 is 0 Å². The van der Waals surface area contributed by atoms with Crippen LogP contribution in [0.25, 0.3) is 0 Å². The molecule has 32 heavy (non-hydrogen) atoms. The summed E-state index contributed by atoms with van der Waals surface area (Å²) in [6.07, 6.45) is 24.7. The highest BCUT2D eigenvalue weighted by atomic mass is 14.5. The van der Waals surface area contributed by atoms with Crippen molar-refractivity contribution in [3.8, 4) is 12.3 Å². The van der Waals surface area contributed by atoms with Gasteiger partial charge in [-0.2, -0.15) is 0 Å². The van der Waals surface area contributed by atoms with Crippen LogP contribution in [0.5, 0.6) is 0 Å². The van der Waals surface area contributed by atoms with Crippen molar-refractivity contribution in [3.05, 3.63) is 35.5 Å². The minimum atomic E-state index is 0.485. The lowest BCUT2D eigenvalue weighted by atomic mass is 9.60. The molecule has 0 aliphatic heterocycles. The van der Waals surface area contributed by atoms with Gasteiger partial charge in [0.1, 0.15) is 0 Å². The summed E-state index contributed by atoms with van der Waals surface area (Å²) in [4.78, 5) is 0. The summed E-state index contributed by atoms with van der Waals surface area (Å²) in [6.45, 7) is 20.6. The Morgan fingerprint density at radius 3 is 2.50 bits per heavy atom. The normalized spacial score (nSPS) is 33.9. The summed E-state index contributed by atoms with van der Waals surface area (Å²) < 4.78 is 0. The second kappa shape index (κ2) is 11.8. The van der Waals surface area contributed by atoms with Gasteiger partial charge in [-0.05, 0) is 99.2 Å². The smallest absolute Gasteiger partial charge is 0.00297 e. The third-order valence-electron chi connectivity index (χ3n) is 8.88. The topological polar surface area (TPSA) is 0 Å². The lowest BCUT2D eigenvalue weighted by Crippen LogP contribution is -2.36. The fourth-order valence-electron chi connectivity index (χ4n) is 6.95. The zero-order chi connectivity index (χ0) is 23.9. The predicted octanol–water partition coefficient (Wildman–Crippen LogP) is 9.92. The summed E-state index contributed by atoms with van der Waals surface area (Å²) in [5, 5.41) is 0. The summed E-state index contributed by atoms with van der Waals surface area (Å²) in [5.74, 6) is 5.59. The van der Waals surface area contributed by atoms with Gasteiger partial charge in [-0.1, -0.05) is 89.8 Å². The maximum atomic E-state index is 4.60. The molecule has 0 bridgehead atoms. The fourth-order valence-corrected chi connectivity index (χ4v) is 6.95. The molecule has 0 spiro atoms. The summed E-state index contributed by atoms with van der Waals surface area (Å²) in [7, 11) is 0. The second-order valence-corrected chi connectivity index (χ2v) is 12.6. The van der Waals surface area contributed by atoms with E-state index >= 15 is 0 Å². The predicted molar refractivity (Wildman–Crippen MR) is 143 cm³/mol. The van der Waals surface area contributed by atoms with Crippen LogP contribution in [0.4, 0.5) is 0 Å². The van der Waals surface area contributed by atoms with Crippen LogP contribution in [0.1, 0.15) is 119 Å². The van der Waals surface area contributed by atoms with Gasteiger partial charge in [0.05, 0.1) is 0 Å². The first-order valence-corrected chi connectivity index (χ1v) is 13.4. The van der Waals surface area contributed by atoms with Crippen molar-refractivity contribution < 1.29 is 0 Å². The SMILES string of the molecule is C#CC.C=C1CC/C(=C/C=C2\CCCC3(C)C2CCC3C(C)CCCC(C)(C)C)CC1C. The fraction of sp³-hybridized carbons (Fsp3) is 0.750. The monoisotopic (exact) mass is 436 g/mol. The molecule has 0 radical (unpaired) electrons. The number of allylic oxidation sites excluding steroid dienone is 5. The quantitative estimate of drug-likeness (QED) is 0.297. The molecule has 5 unspecified atom stereocenters. The Labute approximate surface area is 201 Å². The van der Waals surface area contributed by atoms with E-state index in [0.717, 1.165) is 17.8 Å². The van der Waals surface area contributed by atoms with Crippen molar-refractivity contribution in [2.45, 2.75) is 119 Å². The average Bonchev–Trinajstić information content (AvgIpc) is 3.06. The molecule has 0 heterocycles. The van der Waals surface area contributed by atoms with Crippen molar-refractivity contribution in [2.75, 3.05) is 0 Å². The van der Waals surface area contributed by atoms with E-state index < -0.39 is 0 Å². The van der Waals surface area contributed by atoms with Gasteiger partial charge in [-0.3, -0.25) is 0 Å². The molecule has 3 fully saturated rings. The second-order valence-electron chi connectivity index (χ2n) is 12.6. The minimum absolute atomic E-state index is 0.485. The van der Waals surface area contributed by atoms with Gasteiger partial charge in [-0.25, -0.2) is 0 Å². The van der Waals surface area contributed by atoms with E-state index in [9.17, 15) is 0 Å². The molecule has 0 aromatic heterocycles. The number of hydrogen-bond acceptors (Lipinski definition) is 0. The number of rotatable bonds is 5. The van der Waals surface area contributed by atoms with Crippen molar-refractivity contribution in [2.24, 2.45) is 34.5 Å². The molecule has 3 rings (SSSR count). The first-order valence-electron chi connectivity index (χ1n) is 13.4. The Hall–Kier alpha value is -1.22. The van der Waals surface area contributed by atoms with Gasteiger partial charge >= 0.3 is 0 Å². The van der Waals surface area contributed by atoms with E-state index in [-0.39, 0.29) is 0 Å². The molecule has 3 aliphatic rings. The molecule has 0 N–H and O–H groups in total. The van der Waals surface area contributed by atoms with Gasteiger partial charge in [0.15, 0.2) is 0 Å². The largest absolute Gasteiger partial charge is 0.120 e. The molecule has 5 atom stereocenters. The molecule has 0 saturated heterocycles. The van der Waals surface area contributed by atoms with Crippen LogP contribution >= 0.6 is 0 Å². The van der Waals surface area contributed by atoms with Crippen LogP contribution in [0.2, 0.25) is 0 Å². The molecular formula is C32H52. The van der Waals surface area contributed by atoms with Crippen molar-refractivity contribution in [1.29, 1.82) is 0 Å². The van der Waals surface area contributed by atoms with Crippen LogP contribution in [-0.2, 0) is 0 Å². The molecule has 0 heteroatoms. The van der Waals surface area contributed by atoms with Crippen LogP contribution in [0.3, 0.4) is 0 Å². The van der Waals surface area contributed by atoms with Crippen molar-refractivity contribution >= 4 is 0 Å².